The zero-order valence-corrected chi connectivity index (χ0v) is 26.5. The van der Waals surface area contributed by atoms with Crippen LogP contribution in [0.2, 0.25) is 0 Å². The lowest BCUT2D eigenvalue weighted by molar-refractivity contribution is 0.176. The first-order valence-corrected chi connectivity index (χ1v) is 17.5. The number of anilines is 2. The smallest absolute Gasteiger partial charge is 0.264 e. The van der Waals surface area contributed by atoms with Crippen molar-refractivity contribution in [1.29, 1.82) is 5.26 Å². The van der Waals surface area contributed by atoms with Gasteiger partial charge in [0.2, 0.25) is 0 Å². The van der Waals surface area contributed by atoms with E-state index in [0.29, 0.717) is 24.1 Å². The summed E-state index contributed by atoms with van der Waals surface area (Å²) in [4.78, 5) is 6.79. The van der Waals surface area contributed by atoms with Crippen LogP contribution in [0.5, 0.6) is 5.75 Å². The van der Waals surface area contributed by atoms with Gasteiger partial charge in [-0.2, -0.15) is 5.26 Å². The van der Waals surface area contributed by atoms with Crippen molar-refractivity contribution in [3.05, 3.63) is 42.0 Å². The predicted octanol–water partition coefficient (Wildman–Crippen LogP) is 6.02. The van der Waals surface area contributed by atoms with Crippen molar-refractivity contribution in [3.63, 3.8) is 0 Å². The summed E-state index contributed by atoms with van der Waals surface area (Å²) in [6, 6.07) is 13.2. The van der Waals surface area contributed by atoms with Crippen molar-refractivity contribution < 1.29 is 13.2 Å². The van der Waals surface area contributed by atoms with Gasteiger partial charge in [-0.3, -0.25) is 9.44 Å². The monoisotopic (exact) mass is 628 g/mol. The summed E-state index contributed by atoms with van der Waals surface area (Å²) in [5.74, 6) is 1.38. The molecule has 0 aliphatic heterocycles. The Morgan fingerprint density at radius 2 is 1.90 bits per heavy atom. The first-order valence-electron chi connectivity index (χ1n) is 14.8. The van der Waals surface area contributed by atoms with E-state index in [1.54, 1.807) is 12.1 Å². The van der Waals surface area contributed by atoms with Gasteiger partial charge >= 0.3 is 0 Å². The van der Waals surface area contributed by atoms with Crippen molar-refractivity contribution in [1.82, 2.24) is 14.6 Å². The SMILES string of the molecule is CN(CCCNS)[C@H]1CCCC[C@@H]1Nc1ccc(S(=O)(=O)Nc2nc3ccc(OCC4CCCC4)cc3s2)c(C#N)c1. The minimum atomic E-state index is -4.03. The minimum Gasteiger partial charge on any atom is -0.493 e. The lowest BCUT2D eigenvalue weighted by atomic mass is 9.89. The van der Waals surface area contributed by atoms with Crippen molar-refractivity contribution in [2.24, 2.45) is 5.92 Å². The second kappa shape index (κ2) is 14.3. The highest BCUT2D eigenvalue weighted by Gasteiger charge is 2.29. The van der Waals surface area contributed by atoms with Crippen LogP contribution in [-0.4, -0.2) is 57.1 Å². The molecular weight excluding hydrogens is 589 g/mol. The van der Waals surface area contributed by atoms with Crippen LogP contribution in [0.15, 0.2) is 41.3 Å². The van der Waals surface area contributed by atoms with E-state index in [1.807, 2.05) is 18.2 Å². The number of hydrogen-bond donors (Lipinski definition) is 4. The van der Waals surface area contributed by atoms with Gasteiger partial charge in [0.15, 0.2) is 5.13 Å². The lowest BCUT2D eigenvalue weighted by Crippen LogP contribution is -2.47. The number of nitrogens with one attached hydrogen (secondary N) is 3. The maximum atomic E-state index is 13.4. The molecule has 226 valence electrons. The van der Waals surface area contributed by atoms with E-state index in [9.17, 15) is 13.7 Å². The highest BCUT2D eigenvalue weighted by atomic mass is 32.2. The molecule has 2 aliphatic rings. The van der Waals surface area contributed by atoms with E-state index in [2.05, 4.69) is 50.6 Å². The molecule has 0 amide bonds. The number of benzene rings is 2. The molecule has 0 bridgehead atoms. The maximum Gasteiger partial charge on any atom is 0.264 e. The van der Waals surface area contributed by atoms with E-state index in [1.165, 1.54) is 49.5 Å². The number of rotatable bonds is 13. The molecule has 3 N–H and O–H groups in total. The Morgan fingerprint density at radius 3 is 2.69 bits per heavy atom. The van der Waals surface area contributed by atoms with Gasteiger partial charge in [0.25, 0.3) is 10.0 Å². The van der Waals surface area contributed by atoms with E-state index < -0.39 is 10.0 Å². The van der Waals surface area contributed by atoms with Crippen LogP contribution in [0, 0.1) is 17.2 Å². The minimum absolute atomic E-state index is 0.0630. The van der Waals surface area contributed by atoms with Gasteiger partial charge in [-0.05, 0) is 88.0 Å². The summed E-state index contributed by atoms with van der Waals surface area (Å²) < 4.78 is 39.1. The third kappa shape index (κ3) is 7.68. The topological polar surface area (TPSA) is 119 Å². The third-order valence-electron chi connectivity index (χ3n) is 8.38. The Bertz CT molecular complexity index is 1500. The number of thiol groups is 1. The largest absolute Gasteiger partial charge is 0.493 e. The number of thiazole rings is 1. The second-order valence-corrected chi connectivity index (χ2v) is 14.4. The first kappa shape index (κ1) is 30.9. The van der Waals surface area contributed by atoms with Crippen molar-refractivity contribution in [2.75, 3.05) is 36.8 Å². The van der Waals surface area contributed by atoms with Gasteiger partial charge in [0.1, 0.15) is 16.7 Å². The van der Waals surface area contributed by atoms with Crippen LogP contribution in [0.3, 0.4) is 0 Å². The molecule has 5 rings (SSSR count). The molecular formula is C30H40N6O3S3. The number of likely N-dealkylation sites (N-methyl/N-ethyl adjacent to an activating group) is 1. The summed E-state index contributed by atoms with van der Waals surface area (Å²) in [6.07, 6.45) is 10.4. The summed E-state index contributed by atoms with van der Waals surface area (Å²) in [5.41, 5.74) is 1.54. The number of ether oxygens (including phenoxy) is 1. The molecule has 9 nitrogen and oxygen atoms in total. The first-order chi connectivity index (χ1) is 20.4. The fourth-order valence-electron chi connectivity index (χ4n) is 6.14. The molecule has 1 aromatic heterocycles. The van der Waals surface area contributed by atoms with Crippen molar-refractivity contribution in [3.8, 4) is 11.8 Å². The summed E-state index contributed by atoms with van der Waals surface area (Å²) in [7, 11) is -1.88. The average Bonchev–Trinajstić information content (AvgIpc) is 3.65. The summed E-state index contributed by atoms with van der Waals surface area (Å²) in [5, 5.41) is 13.7. The van der Waals surface area contributed by atoms with Crippen LogP contribution in [0.1, 0.15) is 63.4 Å². The fraction of sp³-hybridized carbons (Fsp3) is 0.533. The molecule has 2 fully saturated rings. The van der Waals surface area contributed by atoms with Gasteiger partial charge < -0.3 is 15.0 Å². The highest BCUT2D eigenvalue weighted by molar-refractivity contribution is 7.93. The van der Waals surface area contributed by atoms with Crippen molar-refractivity contribution in [2.45, 2.75) is 74.8 Å². The number of aromatic nitrogens is 1. The molecule has 0 unspecified atom stereocenters. The molecule has 2 aromatic carbocycles. The molecule has 2 atom stereocenters. The molecule has 2 saturated carbocycles. The summed E-state index contributed by atoms with van der Waals surface area (Å²) in [6.45, 7) is 2.52. The molecule has 1 heterocycles. The Hall–Kier alpha value is -2.56. The number of hydrogen-bond acceptors (Lipinski definition) is 10. The number of nitriles is 1. The molecule has 0 saturated heterocycles. The molecule has 0 radical (unpaired) electrons. The van der Waals surface area contributed by atoms with E-state index in [0.717, 1.165) is 54.9 Å². The number of fused-ring (bicyclic) bond motifs is 1. The van der Waals surface area contributed by atoms with Gasteiger partial charge in [-0.1, -0.05) is 49.8 Å². The molecule has 2 aliphatic carbocycles. The Balaban J connectivity index is 1.26. The molecule has 3 aromatic rings. The molecule has 42 heavy (non-hydrogen) atoms. The van der Waals surface area contributed by atoms with E-state index in [4.69, 9.17) is 4.74 Å². The zero-order chi connectivity index (χ0) is 29.5. The van der Waals surface area contributed by atoms with Gasteiger partial charge in [0, 0.05) is 24.3 Å². The highest BCUT2D eigenvalue weighted by Crippen LogP contribution is 2.33. The van der Waals surface area contributed by atoms with E-state index in [-0.39, 0.29) is 21.6 Å². The van der Waals surface area contributed by atoms with Crippen LogP contribution in [-0.2, 0) is 10.0 Å². The van der Waals surface area contributed by atoms with Crippen LogP contribution in [0.4, 0.5) is 10.8 Å². The summed E-state index contributed by atoms with van der Waals surface area (Å²) >= 11 is 5.33. The van der Waals surface area contributed by atoms with Gasteiger partial charge in [0.05, 0.1) is 22.4 Å². The van der Waals surface area contributed by atoms with Crippen LogP contribution < -0.4 is 19.5 Å². The van der Waals surface area contributed by atoms with Gasteiger partial charge in [-0.15, -0.1) is 0 Å². The number of sulfonamides is 1. The molecule has 12 heteroatoms. The third-order valence-corrected chi connectivity index (χ3v) is 11.1. The Morgan fingerprint density at radius 1 is 1.12 bits per heavy atom. The van der Waals surface area contributed by atoms with E-state index >= 15 is 0 Å². The quantitative estimate of drug-likeness (QED) is 0.134. The molecule has 0 spiro atoms. The average molecular weight is 629 g/mol. The standard InChI is InChI=1S/C30H40N6O3S3/c1-36(16-6-15-32-40)27-10-5-4-9-25(27)33-23-11-14-29(22(17-23)19-31)42(37,38)35-30-34-26-13-12-24(18-28(26)41-30)39-20-21-7-2-3-8-21/h11-14,17-18,21,25,27,32-33,40H,2-10,15-16,20H2,1H3,(H,34,35)/t25-,27-/m0/s1. The Labute approximate surface area is 258 Å². The maximum absolute atomic E-state index is 13.4. The van der Waals surface area contributed by atoms with Crippen LogP contribution in [0.25, 0.3) is 10.2 Å². The second-order valence-electron chi connectivity index (χ2n) is 11.4. The Kier molecular flexibility index (Phi) is 10.5. The lowest BCUT2D eigenvalue weighted by Gasteiger charge is -2.39. The number of nitrogens with zero attached hydrogens (tertiary/aromatic N) is 3. The van der Waals surface area contributed by atoms with Crippen molar-refractivity contribution >= 4 is 55.2 Å². The normalized spacial score (nSPS) is 19.7. The van der Waals surface area contributed by atoms with Gasteiger partial charge in [-0.25, -0.2) is 13.4 Å². The predicted molar refractivity (Wildman–Crippen MR) is 173 cm³/mol. The zero-order valence-electron chi connectivity index (χ0n) is 24.0. The van der Waals surface area contributed by atoms with Crippen LogP contribution >= 0.6 is 24.2 Å². The fourth-order valence-corrected chi connectivity index (χ4v) is 8.56.